The number of hydrogen-bond donors (Lipinski definition) is 1. The molecule has 0 radical (unpaired) electrons. The fraction of sp³-hybridized carbons (Fsp3) is 0.235. The molecule has 25 heavy (non-hydrogen) atoms. The van der Waals surface area contributed by atoms with Gasteiger partial charge in [-0.3, -0.25) is 4.79 Å². The normalized spacial score (nSPS) is 18.6. The van der Waals surface area contributed by atoms with Crippen molar-refractivity contribution in [2.24, 2.45) is 0 Å². The molecular weight excluding hydrogens is 347 g/mol. The predicted molar refractivity (Wildman–Crippen MR) is 89.0 cm³/mol. The molecule has 2 aromatic rings. The lowest BCUT2D eigenvalue weighted by Crippen LogP contribution is -2.52. The maximum atomic E-state index is 14.2. The molecule has 1 unspecified atom stereocenters. The number of sulfonamides is 1. The van der Waals surface area contributed by atoms with Crippen LogP contribution in [0.15, 0.2) is 53.4 Å². The smallest absolute Gasteiger partial charge is 0.244 e. The number of amides is 1. The summed E-state index contributed by atoms with van der Waals surface area (Å²) in [6.45, 7) is 0.221. The minimum absolute atomic E-state index is 0.0179. The monoisotopic (exact) mass is 364 g/mol. The third kappa shape index (κ3) is 3.22. The standard InChI is InChI=1S/C17H17FN2O4S/c1-24-12-6-8-13(9-7-12)25(22,23)20-11-10-19-17(21)16(20)14-4-2-3-5-15(14)18/h2-9,16H,10-11H2,1H3,(H,19,21). The van der Waals surface area contributed by atoms with Gasteiger partial charge in [0, 0.05) is 18.7 Å². The first-order valence-electron chi connectivity index (χ1n) is 7.63. The van der Waals surface area contributed by atoms with E-state index in [0.717, 1.165) is 4.31 Å². The van der Waals surface area contributed by atoms with E-state index in [1.165, 1.54) is 49.6 Å². The molecule has 0 aliphatic carbocycles. The molecule has 1 aliphatic rings. The van der Waals surface area contributed by atoms with Gasteiger partial charge < -0.3 is 10.1 Å². The Morgan fingerprint density at radius 1 is 1.16 bits per heavy atom. The molecule has 1 N–H and O–H groups in total. The lowest BCUT2D eigenvalue weighted by molar-refractivity contribution is -0.127. The second-order valence-electron chi connectivity index (χ2n) is 5.51. The highest BCUT2D eigenvalue weighted by Gasteiger charge is 2.40. The predicted octanol–water partition coefficient (Wildman–Crippen LogP) is 1.70. The number of methoxy groups -OCH3 is 1. The first kappa shape index (κ1) is 17.4. The van der Waals surface area contributed by atoms with E-state index in [2.05, 4.69) is 5.32 Å². The zero-order valence-corrected chi connectivity index (χ0v) is 14.3. The largest absolute Gasteiger partial charge is 0.497 e. The Bertz CT molecular complexity index is 884. The number of nitrogens with zero attached hydrogens (tertiary/aromatic N) is 1. The number of carbonyl (C=O) groups is 1. The molecule has 3 rings (SSSR count). The highest BCUT2D eigenvalue weighted by atomic mass is 32.2. The molecule has 1 heterocycles. The summed E-state index contributed by atoms with van der Waals surface area (Å²) in [6.07, 6.45) is 0. The topological polar surface area (TPSA) is 75.7 Å². The van der Waals surface area contributed by atoms with Crippen molar-refractivity contribution < 1.29 is 22.3 Å². The quantitative estimate of drug-likeness (QED) is 0.896. The number of halogens is 1. The molecule has 1 fully saturated rings. The van der Waals surface area contributed by atoms with E-state index in [-0.39, 0.29) is 23.5 Å². The molecule has 2 aromatic carbocycles. The highest BCUT2D eigenvalue weighted by Crippen LogP contribution is 2.31. The van der Waals surface area contributed by atoms with Crippen LogP contribution in [0.5, 0.6) is 5.75 Å². The minimum Gasteiger partial charge on any atom is -0.497 e. The Morgan fingerprint density at radius 3 is 2.48 bits per heavy atom. The van der Waals surface area contributed by atoms with Gasteiger partial charge in [0.05, 0.1) is 12.0 Å². The number of nitrogens with one attached hydrogen (secondary N) is 1. The highest BCUT2D eigenvalue weighted by molar-refractivity contribution is 7.89. The van der Waals surface area contributed by atoms with Crippen molar-refractivity contribution in [2.75, 3.05) is 20.2 Å². The first-order chi connectivity index (χ1) is 11.9. The first-order valence-corrected chi connectivity index (χ1v) is 9.07. The van der Waals surface area contributed by atoms with Crippen LogP contribution < -0.4 is 10.1 Å². The zero-order chi connectivity index (χ0) is 18.0. The number of rotatable bonds is 4. The van der Waals surface area contributed by atoms with Crippen LogP contribution in [0.1, 0.15) is 11.6 Å². The number of carbonyl (C=O) groups excluding carboxylic acids is 1. The molecule has 1 amide bonds. The Morgan fingerprint density at radius 2 is 1.84 bits per heavy atom. The molecule has 0 spiro atoms. The van der Waals surface area contributed by atoms with Crippen LogP contribution in [-0.4, -0.2) is 38.8 Å². The lowest BCUT2D eigenvalue weighted by Gasteiger charge is -2.34. The fourth-order valence-corrected chi connectivity index (χ4v) is 4.35. The van der Waals surface area contributed by atoms with E-state index in [4.69, 9.17) is 4.74 Å². The molecule has 6 nitrogen and oxygen atoms in total. The Labute approximate surface area is 145 Å². The summed E-state index contributed by atoms with van der Waals surface area (Å²) in [6, 6.07) is 10.3. The summed E-state index contributed by atoms with van der Waals surface area (Å²) in [5.74, 6) is -0.658. The molecule has 0 bridgehead atoms. The second kappa shape index (κ2) is 6.81. The summed E-state index contributed by atoms with van der Waals surface area (Å²) in [5.41, 5.74) is 0.0248. The van der Waals surface area contributed by atoms with E-state index in [1.54, 1.807) is 6.07 Å². The van der Waals surface area contributed by atoms with Crippen molar-refractivity contribution in [3.8, 4) is 5.75 Å². The number of benzene rings is 2. The van der Waals surface area contributed by atoms with Crippen LogP contribution >= 0.6 is 0 Å². The van der Waals surface area contributed by atoms with Crippen molar-refractivity contribution in [3.63, 3.8) is 0 Å². The van der Waals surface area contributed by atoms with Gasteiger partial charge in [0.15, 0.2) is 0 Å². The van der Waals surface area contributed by atoms with Gasteiger partial charge in [-0.2, -0.15) is 4.31 Å². The van der Waals surface area contributed by atoms with E-state index in [0.29, 0.717) is 5.75 Å². The summed E-state index contributed by atoms with van der Waals surface area (Å²) in [7, 11) is -2.50. The summed E-state index contributed by atoms with van der Waals surface area (Å²) < 4.78 is 46.3. The van der Waals surface area contributed by atoms with Crippen LogP contribution in [0.3, 0.4) is 0 Å². The van der Waals surface area contributed by atoms with Gasteiger partial charge in [0.1, 0.15) is 17.6 Å². The molecule has 0 aromatic heterocycles. The summed E-state index contributed by atoms with van der Waals surface area (Å²) in [5, 5.41) is 2.60. The Hall–Kier alpha value is -2.45. The molecule has 1 aliphatic heterocycles. The second-order valence-corrected chi connectivity index (χ2v) is 7.40. The third-order valence-electron chi connectivity index (χ3n) is 4.03. The Kier molecular flexibility index (Phi) is 4.73. The SMILES string of the molecule is COc1ccc(S(=O)(=O)N2CCNC(=O)C2c2ccccc2F)cc1. The minimum atomic E-state index is -3.98. The van der Waals surface area contributed by atoms with Crippen LogP contribution in [0.4, 0.5) is 4.39 Å². The average molecular weight is 364 g/mol. The summed E-state index contributed by atoms with van der Waals surface area (Å²) >= 11 is 0. The van der Waals surface area contributed by atoms with Gasteiger partial charge in [0.2, 0.25) is 15.9 Å². The fourth-order valence-electron chi connectivity index (χ4n) is 2.78. The lowest BCUT2D eigenvalue weighted by atomic mass is 10.0. The third-order valence-corrected chi connectivity index (χ3v) is 5.91. The van der Waals surface area contributed by atoms with Gasteiger partial charge in [-0.1, -0.05) is 18.2 Å². The van der Waals surface area contributed by atoms with Crippen molar-refractivity contribution in [2.45, 2.75) is 10.9 Å². The molecule has 1 saturated heterocycles. The van der Waals surface area contributed by atoms with E-state index < -0.39 is 27.8 Å². The van der Waals surface area contributed by atoms with Crippen LogP contribution in [0.2, 0.25) is 0 Å². The van der Waals surface area contributed by atoms with Crippen LogP contribution in [-0.2, 0) is 14.8 Å². The van der Waals surface area contributed by atoms with E-state index >= 15 is 0 Å². The molecule has 132 valence electrons. The number of piperazine rings is 1. The van der Waals surface area contributed by atoms with E-state index in [9.17, 15) is 17.6 Å². The van der Waals surface area contributed by atoms with Gasteiger partial charge in [-0.05, 0) is 30.3 Å². The van der Waals surface area contributed by atoms with Gasteiger partial charge in [0.25, 0.3) is 0 Å². The number of ether oxygens (including phenoxy) is 1. The van der Waals surface area contributed by atoms with Crippen molar-refractivity contribution in [1.29, 1.82) is 0 Å². The molecule has 0 saturated carbocycles. The summed E-state index contributed by atoms with van der Waals surface area (Å²) in [4.78, 5) is 12.3. The Balaban J connectivity index is 2.05. The van der Waals surface area contributed by atoms with Crippen molar-refractivity contribution in [1.82, 2.24) is 9.62 Å². The van der Waals surface area contributed by atoms with Crippen molar-refractivity contribution >= 4 is 15.9 Å². The van der Waals surface area contributed by atoms with Gasteiger partial charge >= 0.3 is 0 Å². The van der Waals surface area contributed by atoms with Gasteiger partial charge in [-0.25, -0.2) is 12.8 Å². The molecule has 1 atom stereocenters. The van der Waals surface area contributed by atoms with Crippen LogP contribution in [0.25, 0.3) is 0 Å². The van der Waals surface area contributed by atoms with E-state index in [1.807, 2.05) is 0 Å². The number of hydrogen-bond acceptors (Lipinski definition) is 4. The molecular formula is C17H17FN2O4S. The maximum Gasteiger partial charge on any atom is 0.244 e. The average Bonchev–Trinajstić information content (AvgIpc) is 2.62. The maximum absolute atomic E-state index is 14.2. The molecule has 8 heteroatoms. The van der Waals surface area contributed by atoms with Crippen molar-refractivity contribution in [3.05, 3.63) is 59.9 Å². The van der Waals surface area contributed by atoms with Crippen LogP contribution in [0, 0.1) is 5.82 Å². The zero-order valence-electron chi connectivity index (χ0n) is 13.5. The van der Waals surface area contributed by atoms with Gasteiger partial charge in [-0.15, -0.1) is 0 Å².